The molecule has 0 radical (unpaired) electrons. The van der Waals surface area contributed by atoms with Crippen molar-refractivity contribution in [2.75, 3.05) is 36.0 Å². The van der Waals surface area contributed by atoms with E-state index in [-0.39, 0.29) is 0 Å². The highest BCUT2D eigenvalue weighted by Crippen LogP contribution is 2.29. The van der Waals surface area contributed by atoms with Crippen molar-refractivity contribution >= 4 is 22.7 Å². The lowest BCUT2D eigenvalue weighted by atomic mass is 10.1. The molecule has 1 aromatic heterocycles. The molecule has 0 atom stereocenters. The Bertz CT molecular complexity index is 738. The topological polar surface area (TPSA) is 79.8 Å². The Hall–Kier alpha value is -2.86. The Kier molecular flexibility index (Phi) is 5.55. The maximum atomic E-state index is 9.23. The lowest BCUT2D eigenvalue weighted by molar-refractivity contribution is 0.807. The summed E-state index contributed by atoms with van der Waals surface area (Å²) >= 11 is 0. The minimum absolute atomic E-state index is 0.334. The van der Waals surface area contributed by atoms with Crippen molar-refractivity contribution in [1.82, 2.24) is 9.97 Å². The van der Waals surface area contributed by atoms with Gasteiger partial charge in [-0.15, -0.1) is 0 Å². The van der Waals surface area contributed by atoms with Gasteiger partial charge in [-0.1, -0.05) is 0 Å². The quantitative estimate of drug-likeness (QED) is 0.813. The Labute approximate surface area is 143 Å². The second-order valence-corrected chi connectivity index (χ2v) is 5.33. The van der Waals surface area contributed by atoms with Gasteiger partial charge in [-0.25, -0.2) is 9.97 Å². The lowest BCUT2D eigenvalue weighted by Gasteiger charge is -2.28. The summed E-state index contributed by atoms with van der Waals surface area (Å²) in [5, 5.41) is 18.5. The fraction of sp³-hybridized carbons (Fsp3) is 0.444. The van der Waals surface area contributed by atoms with Crippen LogP contribution >= 0.6 is 0 Å². The van der Waals surface area contributed by atoms with Gasteiger partial charge < -0.3 is 9.80 Å². The second kappa shape index (κ2) is 7.61. The highest BCUT2D eigenvalue weighted by Gasteiger charge is 2.18. The summed E-state index contributed by atoms with van der Waals surface area (Å²) in [6.45, 7) is 11.6. The fourth-order valence-corrected chi connectivity index (χ4v) is 2.74. The van der Waals surface area contributed by atoms with E-state index in [0.717, 1.165) is 37.8 Å². The molecule has 6 nitrogen and oxygen atoms in total. The van der Waals surface area contributed by atoms with E-state index in [1.165, 1.54) is 0 Å². The van der Waals surface area contributed by atoms with E-state index in [1.54, 1.807) is 12.1 Å². The molecule has 24 heavy (non-hydrogen) atoms. The predicted molar refractivity (Wildman–Crippen MR) is 96.1 cm³/mol. The number of nitriles is 2. The van der Waals surface area contributed by atoms with Crippen LogP contribution in [0.25, 0.3) is 11.0 Å². The number of fused-ring (bicyclic) bond motifs is 1. The monoisotopic (exact) mass is 322 g/mol. The number of aromatic nitrogens is 2. The molecule has 2 rings (SSSR count). The van der Waals surface area contributed by atoms with E-state index in [1.807, 2.05) is 0 Å². The third-order valence-corrected chi connectivity index (χ3v) is 4.13. The zero-order chi connectivity index (χ0) is 17.7. The van der Waals surface area contributed by atoms with Gasteiger partial charge in [0, 0.05) is 26.2 Å². The largest absolute Gasteiger partial charge is 0.354 e. The molecule has 0 fully saturated rings. The number of hydrogen-bond donors (Lipinski definition) is 0. The molecule has 2 aromatic rings. The summed E-state index contributed by atoms with van der Waals surface area (Å²) in [5.41, 5.74) is 1.95. The van der Waals surface area contributed by atoms with Gasteiger partial charge in [-0.3, -0.25) is 0 Å². The van der Waals surface area contributed by atoms with Crippen LogP contribution in [0, 0.1) is 22.7 Å². The van der Waals surface area contributed by atoms with Gasteiger partial charge in [0.05, 0.1) is 22.2 Å². The number of hydrogen-bond acceptors (Lipinski definition) is 6. The molecule has 6 heteroatoms. The Morgan fingerprint density at radius 2 is 1.08 bits per heavy atom. The molecule has 0 aliphatic heterocycles. The third-order valence-electron chi connectivity index (χ3n) is 4.13. The molecule has 124 valence electrons. The lowest BCUT2D eigenvalue weighted by Crippen LogP contribution is -2.30. The summed E-state index contributed by atoms with van der Waals surface area (Å²) in [6, 6.07) is 7.43. The summed E-state index contributed by atoms with van der Waals surface area (Å²) in [6.07, 6.45) is 0. The fourth-order valence-electron chi connectivity index (χ4n) is 2.74. The highest BCUT2D eigenvalue weighted by molar-refractivity contribution is 5.84. The van der Waals surface area contributed by atoms with Crippen molar-refractivity contribution < 1.29 is 0 Å². The minimum Gasteiger partial charge on any atom is -0.354 e. The zero-order valence-electron chi connectivity index (χ0n) is 14.7. The molecule has 0 amide bonds. The number of rotatable bonds is 6. The van der Waals surface area contributed by atoms with Crippen molar-refractivity contribution in [2.45, 2.75) is 27.7 Å². The van der Waals surface area contributed by atoms with E-state index < -0.39 is 0 Å². The van der Waals surface area contributed by atoms with Gasteiger partial charge in [0.2, 0.25) is 0 Å². The van der Waals surface area contributed by atoms with Gasteiger partial charge in [0.15, 0.2) is 11.6 Å². The molecular formula is C18H22N6. The summed E-state index contributed by atoms with van der Waals surface area (Å²) < 4.78 is 0. The van der Waals surface area contributed by atoms with Crippen molar-refractivity contribution in [3.8, 4) is 12.1 Å². The van der Waals surface area contributed by atoms with Crippen LogP contribution in [0.3, 0.4) is 0 Å². The molecule has 1 heterocycles. The Morgan fingerprint density at radius 3 is 1.33 bits per heavy atom. The first-order valence-corrected chi connectivity index (χ1v) is 8.29. The summed E-state index contributed by atoms with van der Waals surface area (Å²) in [7, 11) is 0. The summed E-state index contributed by atoms with van der Waals surface area (Å²) in [5.74, 6) is 1.65. The molecule has 0 saturated heterocycles. The van der Waals surface area contributed by atoms with E-state index in [4.69, 9.17) is 9.97 Å². The van der Waals surface area contributed by atoms with E-state index in [0.29, 0.717) is 22.2 Å². The molecule has 0 N–H and O–H groups in total. The standard InChI is InChI=1S/C18H22N6/c1-5-23(6-2)17-18(24(7-3)8-4)22-16-10-14(12-20)13(11-19)9-15(16)21-17/h9-10H,5-8H2,1-4H3. The molecule has 0 unspecified atom stereocenters. The van der Waals surface area contributed by atoms with Gasteiger partial charge in [-0.2, -0.15) is 10.5 Å². The second-order valence-electron chi connectivity index (χ2n) is 5.33. The van der Waals surface area contributed by atoms with Crippen molar-refractivity contribution in [3.63, 3.8) is 0 Å². The van der Waals surface area contributed by atoms with Gasteiger partial charge in [-0.05, 0) is 39.8 Å². The molecule has 0 aliphatic carbocycles. The summed E-state index contributed by atoms with van der Waals surface area (Å²) in [4.78, 5) is 13.9. The number of benzene rings is 1. The average molecular weight is 322 g/mol. The number of nitrogens with zero attached hydrogens (tertiary/aromatic N) is 6. The molecule has 0 spiro atoms. The molecule has 1 aromatic carbocycles. The van der Waals surface area contributed by atoms with E-state index in [2.05, 4.69) is 49.6 Å². The molecule has 0 aliphatic rings. The first kappa shape index (κ1) is 17.5. The van der Waals surface area contributed by atoms with Crippen LogP contribution in [0.2, 0.25) is 0 Å². The van der Waals surface area contributed by atoms with Gasteiger partial charge in [0.1, 0.15) is 12.1 Å². The van der Waals surface area contributed by atoms with E-state index in [9.17, 15) is 10.5 Å². The van der Waals surface area contributed by atoms with Crippen LogP contribution in [-0.2, 0) is 0 Å². The van der Waals surface area contributed by atoms with Crippen LogP contribution in [-0.4, -0.2) is 36.1 Å². The maximum absolute atomic E-state index is 9.23. The van der Waals surface area contributed by atoms with E-state index >= 15 is 0 Å². The first-order chi connectivity index (χ1) is 11.6. The van der Waals surface area contributed by atoms with Crippen LogP contribution in [0.1, 0.15) is 38.8 Å². The average Bonchev–Trinajstić information content (AvgIpc) is 2.62. The van der Waals surface area contributed by atoms with Gasteiger partial charge in [0.25, 0.3) is 0 Å². The van der Waals surface area contributed by atoms with Crippen molar-refractivity contribution in [2.24, 2.45) is 0 Å². The Balaban J connectivity index is 2.79. The third kappa shape index (κ3) is 3.09. The van der Waals surface area contributed by atoms with Crippen molar-refractivity contribution in [1.29, 1.82) is 10.5 Å². The predicted octanol–water partition coefficient (Wildman–Crippen LogP) is 3.07. The van der Waals surface area contributed by atoms with Crippen LogP contribution < -0.4 is 9.80 Å². The minimum atomic E-state index is 0.334. The SMILES string of the molecule is CCN(CC)c1nc2cc(C#N)c(C#N)cc2nc1N(CC)CC. The Morgan fingerprint density at radius 1 is 0.750 bits per heavy atom. The van der Waals surface area contributed by atoms with Crippen LogP contribution in [0.5, 0.6) is 0 Å². The maximum Gasteiger partial charge on any atom is 0.172 e. The van der Waals surface area contributed by atoms with Crippen molar-refractivity contribution in [3.05, 3.63) is 23.3 Å². The molecule has 0 bridgehead atoms. The normalized spacial score (nSPS) is 10.2. The highest BCUT2D eigenvalue weighted by atomic mass is 15.3. The van der Waals surface area contributed by atoms with Gasteiger partial charge >= 0.3 is 0 Å². The molecular weight excluding hydrogens is 300 g/mol. The smallest absolute Gasteiger partial charge is 0.172 e. The molecule has 0 saturated carbocycles. The van der Waals surface area contributed by atoms with Crippen LogP contribution in [0.4, 0.5) is 11.6 Å². The zero-order valence-corrected chi connectivity index (χ0v) is 14.7. The number of anilines is 2. The first-order valence-electron chi connectivity index (χ1n) is 8.29. The van der Waals surface area contributed by atoms with Crippen LogP contribution in [0.15, 0.2) is 12.1 Å².